The molecular formula is C11H21NS. The Morgan fingerprint density at radius 1 is 1.23 bits per heavy atom. The molecule has 0 atom stereocenters. The van der Waals surface area contributed by atoms with Crippen molar-refractivity contribution in [3.8, 4) is 6.07 Å². The third-order valence-corrected chi connectivity index (χ3v) is 3.19. The molecule has 0 bridgehead atoms. The Bertz CT molecular complexity index is 158. The van der Waals surface area contributed by atoms with Crippen LogP contribution in [0.5, 0.6) is 0 Å². The molecule has 0 rings (SSSR count). The largest absolute Gasteiger partial charge is 0.198 e. The third-order valence-electron chi connectivity index (χ3n) is 2.04. The SMILES string of the molecule is CCCCSCCCC(C)(C)C#N. The van der Waals surface area contributed by atoms with Crippen molar-refractivity contribution in [3.63, 3.8) is 0 Å². The number of thioether (sulfide) groups is 1. The molecule has 0 radical (unpaired) electrons. The molecular weight excluding hydrogens is 178 g/mol. The van der Waals surface area contributed by atoms with Gasteiger partial charge in [0.15, 0.2) is 0 Å². The zero-order valence-electron chi connectivity index (χ0n) is 9.10. The van der Waals surface area contributed by atoms with Gasteiger partial charge in [-0.3, -0.25) is 0 Å². The minimum atomic E-state index is -0.120. The second-order valence-corrected chi connectivity index (χ2v) is 5.29. The van der Waals surface area contributed by atoms with E-state index in [0.717, 1.165) is 6.42 Å². The minimum Gasteiger partial charge on any atom is -0.198 e. The summed E-state index contributed by atoms with van der Waals surface area (Å²) in [6, 6.07) is 2.33. The summed E-state index contributed by atoms with van der Waals surface area (Å²) in [5.74, 6) is 2.49. The number of nitriles is 1. The maximum absolute atomic E-state index is 8.78. The van der Waals surface area contributed by atoms with Gasteiger partial charge < -0.3 is 0 Å². The Hall–Kier alpha value is -0.160. The molecule has 0 amide bonds. The van der Waals surface area contributed by atoms with E-state index < -0.39 is 0 Å². The lowest BCUT2D eigenvalue weighted by atomic mass is 9.90. The van der Waals surface area contributed by atoms with Crippen molar-refractivity contribution in [1.29, 1.82) is 5.26 Å². The van der Waals surface area contributed by atoms with Crippen LogP contribution in [0.15, 0.2) is 0 Å². The van der Waals surface area contributed by atoms with Crippen LogP contribution in [0, 0.1) is 16.7 Å². The third kappa shape index (κ3) is 8.18. The van der Waals surface area contributed by atoms with Crippen molar-refractivity contribution in [1.82, 2.24) is 0 Å². The number of rotatable bonds is 7. The quantitative estimate of drug-likeness (QED) is 0.581. The second kappa shape index (κ2) is 7.26. The number of hydrogen-bond acceptors (Lipinski definition) is 2. The first kappa shape index (κ1) is 12.8. The van der Waals surface area contributed by atoms with Crippen LogP contribution < -0.4 is 0 Å². The van der Waals surface area contributed by atoms with Crippen LogP contribution in [0.4, 0.5) is 0 Å². The Balaban J connectivity index is 3.22. The van der Waals surface area contributed by atoms with E-state index in [9.17, 15) is 0 Å². The van der Waals surface area contributed by atoms with Crippen LogP contribution in [0.1, 0.15) is 46.5 Å². The summed E-state index contributed by atoms with van der Waals surface area (Å²) in [5, 5.41) is 8.78. The molecule has 0 aliphatic heterocycles. The van der Waals surface area contributed by atoms with Crippen LogP contribution in [0.2, 0.25) is 0 Å². The summed E-state index contributed by atoms with van der Waals surface area (Å²) in [6.07, 6.45) is 4.82. The van der Waals surface area contributed by atoms with Crippen LogP contribution in [0.3, 0.4) is 0 Å². The average Bonchev–Trinajstić information content (AvgIpc) is 2.11. The van der Waals surface area contributed by atoms with Crippen molar-refractivity contribution in [2.45, 2.75) is 46.5 Å². The van der Waals surface area contributed by atoms with E-state index in [1.54, 1.807) is 0 Å². The lowest BCUT2D eigenvalue weighted by molar-refractivity contribution is 0.448. The van der Waals surface area contributed by atoms with Gasteiger partial charge in [-0.15, -0.1) is 0 Å². The summed E-state index contributed by atoms with van der Waals surface area (Å²) in [7, 11) is 0. The normalized spacial score (nSPS) is 11.2. The molecule has 2 heteroatoms. The molecule has 0 aromatic heterocycles. The van der Waals surface area contributed by atoms with E-state index >= 15 is 0 Å². The Kier molecular flexibility index (Phi) is 7.17. The van der Waals surface area contributed by atoms with E-state index in [1.165, 1.54) is 30.8 Å². The summed E-state index contributed by atoms with van der Waals surface area (Å²) in [6.45, 7) is 6.26. The Morgan fingerprint density at radius 2 is 1.85 bits per heavy atom. The summed E-state index contributed by atoms with van der Waals surface area (Å²) < 4.78 is 0. The Morgan fingerprint density at radius 3 is 2.38 bits per heavy atom. The molecule has 0 aliphatic rings. The molecule has 0 fully saturated rings. The highest BCUT2D eigenvalue weighted by Crippen LogP contribution is 2.22. The van der Waals surface area contributed by atoms with Crippen LogP contribution in [-0.2, 0) is 0 Å². The fourth-order valence-electron chi connectivity index (χ4n) is 1.02. The topological polar surface area (TPSA) is 23.8 Å². The predicted octanol–water partition coefficient (Wildman–Crippen LogP) is 3.85. The average molecular weight is 199 g/mol. The summed E-state index contributed by atoms with van der Waals surface area (Å²) in [4.78, 5) is 0. The van der Waals surface area contributed by atoms with E-state index in [1.807, 2.05) is 25.6 Å². The first-order chi connectivity index (χ1) is 6.12. The highest BCUT2D eigenvalue weighted by Gasteiger charge is 2.15. The molecule has 0 N–H and O–H groups in total. The van der Waals surface area contributed by atoms with Gasteiger partial charge in [0.2, 0.25) is 0 Å². The highest BCUT2D eigenvalue weighted by atomic mass is 32.2. The van der Waals surface area contributed by atoms with Gasteiger partial charge in [-0.2, -0.15) is 17.0 Å². The highest BCUT2D eigenvalue weighted by molar-refractivity contribution is 7.99. The summed E-state index contributed by atoms with van der Waals surface area (Å²) >= 11 is 2.02. The fraction of sp³-hybridized carbons (Fsp3) is 0.909. The van der Waals surface area contributed by atoms with Gasteiger partial charge in [0.25, 0.3) is 0 Å². The number of unbranched alkanes of at least 4 members (excludes halogenated alkanes) is 1. The van der Waals surface area contributed by atoms with Crippen molar-refractivity contribution in [3.05, 3.63) is 0 Å². The van der Waals surface area contributed by atoms with Gasteiger partial charge in [-0.05, 0) is 44.6 Å². The minimum absolute atomic E-state index is 0.120. The van der Waals surface area contributed by atoms with Gasteiger partial charge in [0.05, 0.1) is 11.5 Å². The molecule has 0 aromatic rings. The first-order valence-corrected chi connectivity index (χ1v) is 6.27. The first-order valence-electron chi connectivity index (χ1n) is 5.11. The van der Waals surface area contributed by atoms with Crippen LogP contribution >= 0.6 is 11.8 Å². The van der Waals surface area contributed by atoms with Gasteiger partial charge in [0, 0.05) is 0 Å². The lowest BCUT2D eigenvalue weighted by Gasteiger charge is -2.13. The standard InChI is InChI=1S/C11H21NS/c1-4-5-8-13-9-6-7-11(2,3)10-12/h4-9H2,1-3H3. The summed E-state index contributed by atoms with van der Waals surface area (Å²) in [5.41, 5.74) is -0.120. The van der Waals surface area contributed by atoms with Crippen molar-refractivity contribution in [2.24, 2.45) is 5.41 Å². The Labute approximate surface area is 86.9 Å². The molecule has 0 saturated heterocycles. The van der Waals surface area contributed by atoms with Crippen LogP contribution in [-0.4, -0.2) is 11.5 Å². The van der Waals surface area contributed by atoms with Crippen molar-refractivity contribution < 1.29 is 0 Å². The smallest absolute Gasteiger partial charge is 0.0683 e. The molecule has 0 heterocycles. The van der Waals surface area contributed by atoms with E-state index in [4.69, 9.17) is 5.26 Å². The zero-order chi connectivity index (χ0) is 10.2. The van der Waals surface area contributed by atoms with Crippen LogP contribution in [0.25, 0.3) is 0 Å². The van der Waals surface area contributed by atoms with E-state index in [0.29, 0.717) is 0 Å². The zero-order valence-corrected chi connectivity index (χ0v) is 9.91. The number of nitrogens with zero attached hydrogens (tertiary/aromatic N) is 1. The monoisotopic (exact) mass is 199 g/mol. The lowest BCUT2D eigenvalue weighted by Crippen LogP contribution is -2.07. The second-order valence-electron chi connectivity index (χ2n) is 4.07. The molecule has 0 aliphatic carbocycles. The maximum Gasteiger partial charge on any atom is 0.0683 e. The van der Waals surface area contributed by atoms with Crippen molar-refractivity contribution in [2.75, 3.05) is 11.5 Å². The molecule has 0 aromatic carbocycles. The molecule has 76 valence electrons. The van der Waals surface area contributed by atoms with Gasteiger partial charge in [-0.25, -0.2) is 0 Å². The van der Waals surface area contributed by atoms with E-state index in [-0.39, 0.29) is 5.41 Å². The molecule has 0 spiro atoms. The molecule has 0 unspecified atom stereocenters. The predicted molar refractivity (Wildman–Crippen MR) is 60.9 cm³/mol. The van der Waals surface area contributed by atoms with Gasteiger partial charge >= 0.3 is 0 Å². The number of hydrogen-bond donors (Lipinski definition) is 0. The maximum atomic E-state index is 8.78. The fourth-order valence-corrected chi connectivity index (χ4v) is 2.07. The van der Waals surface area contributed by atoms with E-state index in [2.05, 4.69) is 13.0 Å². The molecule has 0 saturated carbocycles. The molecule has 1 nitrogen and oxygen atoms in total. The van der Waals surface area contributed by atoms with Gasteiger partial charge in [0.1, 0.15) is 0 Å². The van der Waals surface area contributed by atoms with Crippen molar-refractivity contribution >= 4 is 11.8 Å². The van der Waals surface area contributed by atoms with Gasteiger partial charge in [-0.1, -0.05) is 13.3 Å². The molecule has 13 heavy (non-hydrogen) atoms.